The molecule has 1 aromatic heterocycles. The molecule has 0 saturated heterocycles. The summed E-state index contributed by atoms with van der Waals surface area (Å²) in [4.78, 5) is 12.8. The second-order valence-corrected chi connectivity index (χ2v) is 10.7. The van der Waals surface area contributed by atoms with E-state index in [1.54, 1.807) is 16.8 Å². The fourth-order valence-corrected chi connectivity index (χ4v) is 6.91. The Bertz CT molecular complexity index is 925. The Hall–Kier alpha value is -1.24. The minimum atomic E-state index is -0.164. The molecular formula is C21H23BrCl2N4O. The Morgan fingerprint density at radius 2 is 1.83 bits per heavy atom. The fourth-order valence-electron chi connectivity index (χ4n) is 6.03. The van der Waals surface area contributed by atoms with E-state index in [9.17, 15) is 4.79 Å². The predicted octanol–water partition coefficient (Wildman–Crippen LogP) is 6.09. The van der Waals surface area contributed by atoms with Crippen molar-refractivity contribution in [1.29, 1.82) is 0 Å². The molecule has 0 atom stereocenters. The molecule has 5 nitrogen and oxygen atoms in total. The first-order valence-electron chi connectivity index (χ1n) is 10.1. The predicted molar refractivity (Wildman–Crippen MR) is 119 cm³/mol. The van der Waals surface area contributed by atoms with Gasteiger partial charge in [0.05, 0.1) is 11.0 Å². The minimum absolute atomic E-state index is 0.0231. The molecule has 2 amide bonds. The third kappa shape index (κ3) is 4.04. The average molecular weight is 498 g/mol. The Balaban J connectivity index is 1.26. The van der Waals surface area contributed by atoms with Crippen LogP contribution in [0.4, 0.5) is 10.6 Å². The van der Waals surface area contributed by atoms with E-state index in [2.05, 4.69) is 31.7 Å². The molecule has 4 saturated carbocycles. The molecule has 0 spiro atoms. The van der Waals surface area contributed by atoms with Crippen molar-refractivity contribution in [2.45, 2.75) is 50.6 Å². The van der Waals surface area contributed by atoms with Crippen LogP contribution in [0.25, 0.3) is 0 Å². The van der Waals surface area contributed by atoms with Gasteiger partial charge in [0.2, 0.25) is 0 Å². The highest BCUT2D eigenvalue weighted by Gasteiger charge is 2.51. The molecule has 4 fully saturated rings. The lowest BCUT2D eigenvalue weighted by atomic mass is 9.53. The summed E-state index contributed by atoms with van der Waals surface area (Å²) >= 11 is 15.7. The summed E-state index contributed by atoms with van der Waals surface area (Å²) in [6.45, 7) is 0.493. The first-order valence-corrected chi connectivity index (χ1v) is 11.7. The second kappa shape index (κ2) is 7.47. The summed E-state index contributed by atoms with van der Waals surface area (Å²) in [6.07, 6.45) is 9.26. The van der Waals surface area contributed by atoms with Crippen LogP contribution >= 0.6 is 39.1 Å². The van der Waals surface area contributed by atoms with Crippen LogP contribution in [0.2, 0.25) is 10.0 Å². The minimum Gasteiger partial charge on any atom is -0.332 e. The molecule has 1 heterocycles. The number of amides is 2. The van der Waals surface area contributed by atoms with Gasteiger partial charge < -0.3 is 5.32 Å². The summed E-state index contributed by atoms with van der Waals surface area (Å²) in [6, 6.07) is 5.24. The number of anilines is 1. The summed E-state index contributed by atoms with van der Waals surface area (Å²) < 4.78 is 2.49. The van der Waals surface area contributed by atoms with E-state index in [-0.39, 0.29) is 11.6 Å². The molecular weight excluding hydrogens is 475 g/mol. The van der Waals surface area contributed by atoms with Crippen LogP contribution in [-0.2, 0) is 6.54 Å². The number of hydrogen-bond acceptors (Lipinski definition) is 2. The van der Waals surface area contributed by atoms with Gasteiger partial charge in [-0.05, 0) is 89.9 Å². The standard InChI is InChI=1S/C21H23BrCl2N4O/c22-17-11-28(10-15-1-2-16(23)6-18(15)24)27-19(17)25-20(29)26-21-7-12-3-13(8-21)5-14(4-12)9-21/h1-2,6,11-14H,3-5,7-10H2,(H2,25,26,27,29). The fraction of sp³-hybridized carbons (Fsp3) is 0.524. The zero-order valence-corrected chi connectivity index (χ0v) is 19.0. The van der Waals surface area contributed by atoms with Crippen molar-refractivity contribution in [3.63, 3.8) is 0 Å². The van der Waals surface area contributed by atoms with E-state index in [1.807, 2.05) is 12.3 Å². The molecule has 6 rings (SSSR count). The van der Waals surface area contributed by atoms with Crippen LogP contribution in [0.3, 0.4) is 0 Å². The SMILES string of the molecule is O=C(Nc1nn(Cc2ccc(Cl)cc2Cl)cc1Br)NC12CC3CC(CC(C3)C1)C2. The number of hydrogen-bond donors (Lipinski definition) is 2. The van der Waals surface area contributed by atoms with Gasteiger partial charge in [0.25, 0.3) is 0 Å². The number of aromatic nitrogens is 2. The number of halogens is 3. The van der Waals surface area contributed by atoms with Gasteiger partial charge in [0.1, 0.15) is 0 Å². The first kappa shape index (κ1) is 19.7. The van der Waals surface area contributed by atoms with E-state index in [1.165, 1.54) is 19.3 Å². The third-order valence-corrected chi connectivity index (χ3v) is 7.88. The topological polar surface area (TPSA) is 59.0 Å². The Labute approximate surface area is 188 Å². The smallest absolute Gasteiger partial charge is 0.320 e. The number of rotatable bonds is 4. The van der Waals surface area contributed by atoms with Crippen LogP contribution in [0.1, 0.15) is 44.1 Å². The van der Waals surface area contributed by atoms with Gasteiger partial charge >= 0.3 is 6.03 Å². The van der Waals surface area contributed by atoms with Crippen molar-refractivity contribution in [2.24, 2.45) is 17.8 Å². The largest absolute Gasteiger partial charge is 0.332 e. The summed E-state index contributed by atoms with van der Waals surface area (Å²) in [7, 11) is 0. The third-order valence-electron chi connectivity index (χ3n) is 6.71. The summed E-state index contributed by atoms with van der Waals surface area (Å²) in [5.41, 5.74) is 0.890. The van der Waals surface area contributed by atoms with E-state index in [0.717, 1.165) is 47.1 Å². The van der Waals surface area contributed by atoms with Crippen molar-refractivity contribution >= 4 is 51.0 Å². The quantitative estimate of drug-likeness (QED) is 0.536. The highest BCUT2D eigenvalue weighted by Crippen LogP contribution is 2.55. The molecule has 2 aromatic rings. The zero-order chi connectivity index (χ0) is 20.2. The summed E-state index contributed by atoms with van der Waals surface area (Å²) in [5.74, 6) is 2.88. The first-order chi connectivity index (χ1) is 13.9. The molecule has 4 aliphatic carbocycles. The van der Waals surface area contributed by atoms with E-state index in [4.69, 9.17) is 23.2 Å². The van der Waals surface area contributed by atoms with Crippen molar-refractivity contribution in [2.75, 3.05) is 5.32 Å². The molecule has 4 aliphatic rings. The van der Waals surface area contributed by atoms with Crippen LogP contribution in [0.15, 0.2) is 28.9 Å². The molecule has 8 heteroatoms. The van der Waals surface area contributed by atoms with Gasteiger partial charge in [-0.25, -0.2) is 4.79 Å². The normalized spacial score (nSPS) is 29.8. The lowest BCUT2D eigenvalue weighted by molar-refractivity contribution is -0.0127. The Morgan fingerprint density at radius 3 is 2.45 bits per heavy atom. The van der Waals surface area contributed by atoms with Gasteiger partial charge in [-0.15, -0.1) is 0 Å². The summed E-state index contributed by atoms with van der Waals surface area (Å²) in [5, 5.41) is 12.0. The highest BCUT2D eigenvalue weighted by atomic mass is 79.9. The molecule has 154 valence electrons. The Kier molecular flexibility index (Phi) is 5.08. The molecule has 0 unspecified atom stereocenters. The van der Waals surface area contributed by atoms with Crippen LogP contribution < -0.4 is 10.6 Å². The lowest BCUT2D eigenvalue weighted by Crippen LogP contribution is -2.60. The number of urea groups is 1. The van der Waals surface area contributed by atoms with Crippen molar-refractivity contribution in [3.05, 3.63) is 44.5 Å². The van der Waals surface area contributed by atoms with Crippen LogP contribution in [-0.4, -0.2) is 21.4 Å². The molecule has 29 heavy (non-hydrogen) atoms. The maximum Gasteiger partial charge on any atom is 0.320 e. The Morgan fingerprint density at radius 1 is 1.17 bits per heavy atom. The monoisotopic (exact) mass is 496 g/mol. The molecule has 4 bridgehead atoms. The number of carbonyl (C=O) groups excluding carboxylic acids is 1. The van der Waals surface area contributed by atoms with Gasteiger partial charge in [-0.2, -0.15) is 5.10 Å². The van der Waals surface area contributed by atoms with Gasteiger partial charge in [0, 0.05) is 21.8 Å². The van der Waals surface area contributed by atoms with Crippen molar-refractivity contribution < 1.29 is 4.79 Å². The van der Waals surface area contributed by atoms with E-state index >= 15 is 0 Å². The number of nitrogens with one attached hydrogen (secondary N) is 2. The van der Waals surface area contributed by atoms with Crippen LogP contribution in [0.5, 0.6) is 0 Å². The molecule has 2 N–H and O–H groups in total. The number of nitrogens with zero attached hydrogens (tertiary/aromatic N) is 2. The maximum absolute atomic E-state index is 12.8. The van der Waals surface area contributed by atoms with E-state index < -0.39 is 0 Å². The van der Waals surface area contributed by atoms with Gasteiger partial charge in [0.15, 0.2) is 5.82 Å². The number of benzene rings is 1. The lowest BCUT2D eigenvalue weighted by Gasteiger charge is -2.56. The second-order valence-electron chi connectivity index (χ2n) is 9.04. The number of carbonyl (C=O) groups is 1. The van der Waals surface area contributed by atoms with Crippen LogP contribution in [0, 0.1) is 17.8 Å². The molecule has 1 aromatic carbocycles. The zero-order valence-electron chi connectivity index (χ0n) is 15.9. The van der Waals surface area contributed by atoms with Gasteiger partial charge in [-0.3, -0.25) is 10.00 Å². The van der Waals surface area contributed by atoms with Crippen molar-refractivity contribution in [1.82, 2.24) is 15.1 Å². The van der Waals surface area contributed by atoms with E-state index in [0.29, 0.717) is 22.4 Å². The van der Waals surface area contributed by atoms with Gasteiger partial charge in [-0.1, -0.05) is 29.3 Å². The molecule has 0 aliphatic heterocycles. The van der Waals surface area contributed by atoms with Crippen molar-refractivity contribution in [3.8, 4) is 0 Å². The maximum atomic E-state index is 12.8. The highest BCUT2D eigenvalue weighted by molar-refractivity contribution is 9.10. The average Bonchev–Trinajstić information content (AvgIpc) is 2.94. The molecule has 0 radical (unpaired) electrons.